The van der Waals surface area contributed by atoms with Gasteiger partial charge in [-0.3, -0.25) is 0 Å². The lowest BCUT2D eigenvalue weighted by atomic mass is 10.1. The fourth-order valence-electron chi connectivity index (χ4n) is 1.39. The molecule has 0 nitrogen and oxygen atoms in total. The summed E-state index contributed by atoms with van der Waals surface area (Å²) >= 11 is 1.70. The van der Waals surface area contributed by atoms with Crippen molar-refractivity contribution in [3.8, 4) is 0 Å². The number of benzene rings is 1. The Kier molecular flexibility index (Phi) is 2.13. The third kappa shape index (κ3) is 1.37. The molecule has 0 saturated carbocycles. The maximum atomic E-state index is 3.15. The highest BCUT2D eigenvalue weighted by molar-refractivity contribution is 7.16. The van der Waals surface area contributed by atoms with E-state index in [0.717, 1.165) is 0 Å². The molecule has 1 heterocycles. The second kappa shape index (κ2) is 3.28. The molecule has 0 unspecified atom stereocenters. The maximum absolute atomic E-state index is 3.15. The zero-order valence-corrected chi connectivity index (χ0v) is 7.95. The SMILES string of the molecule is CCCc1ccc2c[c]sc2c1. The largest absolute Gasteiger partial charge is 0.134 e. The summed E-state index contributed by atoms with van der Waals surface area (Å²) in [5.74, 6) is 0. The average Bonchev–Trinajstić information content (AvgIpc) is 2.51. The molecule has 0 aliphatic carbocycles. The second-order valence-corrected chi connectivity index (χ2v) is 3.87. The Morgan fingerprint density at radius 3 is 3.17 bits per heavy atom. The maximum Gasteiger partial charge on any atom is 0.0455 e. The predicted octanol–water partition coefficient (Wildman–Crippen LogP) is 3.65. The minimum Gasteiger partial charge on any atom is -0.134 e. The van der Waals surface area contributed by atoms with Crippen LogP contribution in [0.15, 0.2) is 24.3 Å². The van der Waals surface area contributed by atoms with E-state index in [-0.39, 0.29) is 0 Å². The van der Waals surface area contributed by atoms with Crippen molar-refractivity contribution < 1.29 is 0 Å². The van der Waals surface area contributed by atoms with E-state index >= 15 is 0 Å². The van der Waals surface area contributed by atoms with Crippen LogP contribution < -0.4 is 0 Å². The lowest BCUT2D eigenvalue weighted by Gasteiger charge is -1.97. The molecule has 0 spiro atoms. The van der Waals surface area contributed by atoms with Crippen molar-refractivity contribution in [2.24, 2.45) is 0 Å². The normalized spacial score (nSPS) is 10.8. The van der Waals surface area contributed by atoms with Crippen molar-refractivity contribution >= 4 is 21.4 Å². The summed E-state index contributed by atoms with van der Waals surface area (Å²) in [5, 5.41) is 4.47. The second-order valence-electron chi connectivity index (χ2n) is 2.99. The zero-order chi connectivity index (χ0) is 8.39. The lowest BCUT2D eigenvalue weighted by Crippen LogP contribution is -1.80. The summed E-state index contributed by atoms with van der Waals surface area (Å²) in [6.07, 6.45) is 2.41. The quantitative estimate of drug-likeness (QED) is 0.653. The third-order valence-electron chi connectivity index (χ3n) is 2.00. The fraction of sp³-hybridized carbons (Fsp3) is 0.273. The van der Waals surface area contributed by atoms with Crippen LogP contribution in [0.1, 0.15) is 18.9 Å². The molecule has 1 heteroatoms. The van der Waals surface area contributed by atoms with Gasteiger partial charge in [-0.25, -0.2) is 0 Å². The van der Waals surface area contributed by atoms with Gasteiger partial charge < -0.3 is 0 Å². The van der Waals surface area contributed by atoms with Crippen LogP contribution in [0.2, 0.25) is 0 Å². The van der Waals surface area contributed by atoms with E-state index in [9.17, 15) is 0 Å². The number of hydrogen-bond donors (Lipinski definition) is 0. The topological polar surface area (TPSA) is 0 Å². The number of fused-ring (bicyclic) bond motifs is 1. The van der Waals surface area contributed by atoms with Crippen LogP contribution in [-0.4, -0.2) is 0 Å². The van der Waals surface area contributed by atoms with Crippen LogP contribution in [0.25, 0.3) is 10.1 Å². The fourth-order valence-corrected chi connectivity index (χ4v) is 2.15. The van der Waals surface area contributed by atoms with E-state index in [1.807, 2.05) is 0 Å². The molecular weight excluding hydrogens is 164 g/mol. The van der Waals surface area contributed by atoms with E-state index in [4.69, 9.17) is 0 Å². The summed E-state index contributed by atoms with van der Waals surface area (Å²) < 4.78 is 1.36. The van der Waals surface area contributed by atoms with E-state index < -0.39 is 0 Å². The minimum absolute atomic E-state index is 1.19. The van der Waals surface area contributed by atoms with Crippen molar-refractivity contribution in [3.63, 3.8) is 0 Å². The van der Waals surface area contributed by atoms with Crippen molar-refractivity contribution in [1.82, 2.24) is 0 Å². The van der Waals surface area contributed by atoms with E-state index in [2.05, 4.69) is 36.6 Å². The van der Waals surface area contributed by atoms with Gasteiger partial charge in [0.2, 0.25) is 0 Å². The van der Waals surface area contributed by atoms with E-state index in [0.29, 0.717) is 0 Å². The molecule has 1 radical (unpaired) electrons. The number of thiophene rings is 1. The lowest BCUT2D eigenvalue weighted by molar-refractivity contribution is 0.924. The molecule has 0 bridgehead atoms. The first-order chi connectivity index (χ1) is 5.90. The molecule has 1 aromatic carbocycles. The molecule has 2 aromatic rings. The molecule has 0 amide bonds. The minimum atomic E-state index is 1.19. The van der Waals surface area contributed by atoms with Gasteiger partial charge in [0.05, 0.1) is 0 Å². The van der Waals surface area contributed by atoms with Gasteiger partial charge in [-0.1, -0.05) is 25.5 Å². The molecule has 61 valence electrons. The van der Waals surface area contributed by atoms with Crippen LogP contribution in [0.3, 0.4) is 0 Å². The first-order valence-corrected chi connectivity index (χ1v) is 5.10. The van der Waals surface area contributed by atoms with Gasteiger partial charge >= 0.3 is 0 Å². The Hall–Kier alpha value is -0.820. The monoisotopic (exact) mass is 175 g/mol. The van der Waals surface area contributed by atoms with Crippen molar-refractivity contribution in [2.75, 3.05) is 0 Å². The van der Waals surface area contributed by atoms with Gasteiger partial charge in [0.15, 0.2) is 0 Å². The molecule has 0 aliphatic heterocycles. The van der Waals surface area contributed by atoms with Crippen LogP contribution in [0.5, 0.6) is 0 Å². The highest BCUT2D eigenvalue weighted by atomic mass is 32.1. The zero-order valence-electron chi connectivity index (χ0n) is 7.13. The highest BCUT2D eigenvalue weighted by Crippen LogP contribution is 2.21. The van der Waals surface area contributed by atoms with Gasteiger partial charge in [0, 0.05) is 10.1 Å². The molecule has 2 rings (SSSR count). The molecule has 0 N–H and O–H groups in total. The molecule has 0 fully saturated rings. The molecular formula is C11H11S. The standard InChI is InChI=1S/C11H11S/c1-2-3-9-4-5-10-6-7-12-11(10)8-9/h4-6,8H,2-3H2,1H3. The van der Waals surface area contributed by atoms with Gasteiger partial charge in [-0.15, -0.1) is 11.3 Å². The van der Waals surface area contributed by atoms with Gasteiger partial charge in [0.25, 0.3) is 0 Å². The van der Waals surface area contributed by atoms with Gasteiger partial charge in [0.1, 0.15) is 0 Å². The van der Waals surface area contributed by atoms with Gasteiger partial charge in [-0.05, 0) is 29.5 Å². The Labute approximate surface area is 76.8 Å². The first kappa shape index (κ1) is 7.81. The van der Waals surface area contributed by atoms with E-state index in [1.165, 1.54) is 28.5 Å². The first-order valence-electron chi connectivity index (χ1n) is 4.28. The predicted molar refractivity (Wildman–Crippen MR) is 54.7 cm³/mol. The van der Waals surface area contributed by atoms with Crippen LogP contribution in [0, 0.1) is 5.38 Å². The third-order valence-corrected chi connectivity index (χ3v) is 2.81. The summed E-state index contributed by atoms with van der Waals surface area (Å²) in [4.78, 5) is 0. The van der Waals surface area contributed by atoms with E-state index in [1.54, 1.807) is 11.3 Å². The van der Waals surface area contributed by atoms with Crippen LogP contribution >= 0.6 is 11.3 Å². The van der Waals surface area contributed by atoms with Crippen LogP contribution in [0.4, 0.5) is 0 Å². The number of aryl methyl sites for hydroxylation is 1. The average molecular weight is 175 g/mol. The van der Waals surface area contributed by atoms with Crippen LogP contribution in [-0.2, 0) is 6.42 Å². The van der Waals surface area contributed by atoms with Crippen molar-refractivity contribution in [2.45, 2.75) is 19.8 Å². The molecule has 0 atom stereocenters. The Bertz CT molecular complexity index is 373. The summed E-state index contributed by atoms with van der Waals surface area (Å²) in [5.41, 5.74) is 1.45. The summed E-state index contributed by atoms with van der Waals surface area (Å²) in [6, 6.07) is 8.73. The molecule has 12 heavy (non-hydrogen) atoms. The smallest absolute Gasteiger partial charge is 0.0455 e. The van der Waals surface area contributed by atoms with Crippen molar-refractivity contribution in [3.05, 3.63) is 35.2 Å². The Morgan fingerprint density at radius 1 is 1.42 bits per heavy atom. The summed E-state index contributed by atoms with van der Waals surface area (Å²) in [7, 11) is 0. The molecule has 0 aliphatic rings. The Morgan fingerprint density at radius 2 is 2.33 bits per heavy atom. The van der Waals surface area contributed by atoms with Gasteiger partial charge in [-0.2, -0.15) is 0 Å². The molecule has 0 saturated heterocycles. The molecule has 1 aromatic heterocycles. The summed E-state index contributed by atoms with van der Waals surface area (Å²) in [6.45, 7) is 2.21. The number of rotatable bonds is 2. The Balaban J connectivity index is 2.46. The highest BCUT2D eigenvalue weighted by Gasteiger charge is 1.96. The number of hydrogen-bond acceptors (Lipinski definition) is 1. The van der Waals surface area contributed by atoms with Crippen molar-refractivity contribution in [1.29, 1.82) is 0 Å².